The molecule has 0 fully saturated rings. The number of hydrogen-bond donors (Lipinski definition) is 1. The monoisotopic (exact) mass is 1180 g/mol. The van der Waals surface area contributed by atoms with E-state index in [1.165, 1.54) is 11.1 Å². The predicted molar refractivity (Wildman–Crippen MR) is 312 cm³/mol. The molecule has 3 heterocycles. The van der Waals surface area contributed by atoms with Gasteiger partial charge in [0, 0.05) is 43.4 Å². The Morgan fingerprint density at radius 2 is 0.961 bits per heavy atom. The molecule has 390 valence electrons. The van der Waals surface area contributed by atoms with Crippen LogP contribution >= 0.6 is 0 Å². The van der Waals surface area contributed by atoms with Gasteiger partial charge in [0.15, 0.2) is 5.65 Å². The van der Waals surface area contributed by atoms with Gasteiger partial charge in [-0.2, -0.15) is 0 Å². The maximum atomic E-state index is 12.7. The molecule has 0 radical (unpaired) electrons. The van der Waals surface area contributed by atoms with Gasteiger partial charge >= 0.3 is 0 Å². The van der Waals surface area contributed by atoms with Gasteiger partial charge < -0.3 is 9.67 Å². The molecule has 76 heavy (non-hydrogen) atoms. The summed E-state index contributed by atoms with van der Waals surface area (Å²) in [5.74, 6) is 1.60. The van der Waals surface area contributed by atoms with Gasteiger partial charge in [0.05, 0.1) is 34.3 Å². The fraction of sp³-hybridized carbons (Fsp3) is 0.294. The van der Waals surface area contributed by atoms with Crippen LogP contribution in [0.2, 0.25) is 0 Å². The Bertz CT molecular complexity index is 3790. The molecule has 10 rings (SSSR count). The third-order valence-electron chi connectivity index (χ3n) is 14.7. The van der Waals surface area contributed by atoms with Gasteiger partial charge in [-0.15, -0.1) is 29.3 Å². The number of phenols is 1. The molecule has 0 saturated heterocycles. The van der Waals surface area contributed by atoms with Crippen LogP contribution in [0.3, 0.4) is 0 Å². The molecule has 3 aromatic heterocycles. The van der Waals surface area contributed by atoms with Gasteiger partial charge in [-0.3, -0.25) is 9.55 Å². The van der Waals surface area contributed by atoms with E-state index in [0.29, 0.717) is 28.4 Å². The molecular formula is C68H71N6OPt-. The molecule has 0 saturated carbocycles. The zero-order valence-electron chi connectivity index (χ0n) is 46.9. The van der Waals surface area contributed by atoms with Gasteiger partial charge in [-0.25, -0.2) is 15.0 Å². The number of hydrogen-bond acceptors (Lipinski definition) is 5. The van der Waals surface area contributed by atoms with E-state index >= 15 is 0 Å². The molecule has 0 aliphatic rings. The molecule has 0 amide bonds. The van der Waals surface area contributed by atoms with Crippen molar-refractivity contribution in [2.75, 3.05) is 0 Å². The minimum absolute atomic E-state index is 0. The number of fused-ring (bicyclic) bond motifs is 2. The van der Waals surface area contributed by atoms with E-state index in [4.69, 9.17) is 15.0 Å². The first-order valence-corrected chi connectivity index (χ1v) is 26.3. The zero-order chi connectivity index (χ0) is 53.6. The first-order valence-electron chi connectivity index (χ1n) is 26.3. The Balaban J connectivity index is 0.00000706. The SMILES string of the molecule is CC(C)(C)c1cc(-c2cccc3c2nc(-c2cc(C(C)(C)C)cc(C(C)(C)C)c2O)n3-c2ccc(C(C)(C)C)cc2-c2ccccc2)[c-]c(-c2nc3cncnc3n2-c2ccc(C(C)(C)C)cc2-c2ccccc2)c1.[Pt]. The van der Waals surface area contributed by atoms with Gasteiger partial charge in [-0.05, 0) is 91.3 Å². The third kappa shape index (κ3) is 10.1. The van der Waals surface area contributed by atoms with Crippen LogP contribution in [0.1, 0.15) is 132 Å². The number of aromatic nitrogens is 6. The van der Waals surface area contributed by atoms with Crippen LogP contribution in [-0.2, 0) is 48.1 Å². The average molecular weight is 1180 g/mol. The minimum Gasteiger partial charge on any atom is -0.507 e. The summed E-state index contributed by atoms with van der Waals surface area (Å²) in [4.78, 5) is 20.5. The molecular weight excluding hydrogens is 1110 g/mol. The van der Waals surface area contributed by atoms with Crippen molar-refractivity contribution in [3.63, 3.8) is 0 Å². The molecule has 10 aromatic rings. The Morgan fingerprint density at radius 3 is 1.50 bits per heavy atom. The van der Waals surface area contributed by atoms with E-state index in [1.807, 2.05) is 0 Å². The second kappa shape index (κ2) is 19.6. The van der Waals surface area contributed by atoms with Crippen molar-refractivity contribution >= 4 is 22.2 Å². The number of imidazole rings is 2. The van der Waals surface area contributed by atoms with Crippen LogP contribution in [0, 0.1) is 6.07 Å². The van der Waals surface area contributed by atoms with Crippen molar-refractivity contribution in [2.45, 2.75) is 131 Å². The molecule has 0 atom stereocenters. The molecule has 0 bridgehead atoms. The van der Waals surface area contributed by atoms with E-state index in [-0.39, 0.29) is 53.9 Å². The van der Waals surface area contributed by atoms with Gasteiger partial charge in [0.1, 0.15) is 23.4 Å². The van der Waals surface area contributed by atoms with Crippen LogP contribution in [0.25, 0.3) is 89.7 Å². The molecule has 7 aromatic carbocycles. The van der Waals surface area contributed by atoms with E-state index in [9.17, 15) is 5.11 Å². The number of aromatic hydroxyl groups is 1. The second-order valence-corrected chi connectivity index (χ2v) is 25.5. The Kier molecular flexibility index (Phi) is 13.9. The summed E-state index contributed by atoms with van der Waals surface area (Å²) in [5, 5.41) is 12.7. The Hall–Kier alpha value is -6.95. The molecule has 7 nitrogen and oxygen atoms in total. The fourth-order valence-corrected chi connectivity index (χ4v) is 10.2. The molecule has 0 aliphatic carbocycles. The van der Waals surface area contributed by atoms with E-state index in [0.717, 1.165) is 78.0 Å². The first kappa shape index (κ1) is 53.9. The topological polar surface area (TPSA) is 81.7 Å². The quantitative estimate of drug-likeness (QED) is 0.161. The summed E-state index contributed by atoms with van der Waals surface area (Å²) in [5.41, 5.74) is 17.2. The average Bonchev–Trinajstić information content (AvgIpc) is 3.94. The number of nitrogens with zero attached hydrogens (tertiary/aromatic N) is 6. The normalized spacial score (nSPS) is 12.6. The number of benzene rings is 7. The van der Waals surface area contributed by atoms with Gasteiger partial charge in [-0.1, -0.05) is 206 Å². The summed E-state index contributed by atoms with van der Waals surface area (Å²) < 4.78 is 4.46. The maximum Gasteiger partial charge on any atom is 0.160 e. The summed E-state index contributed by atoms with van der Waals surface area (Å²) in [6.45, 7) is 33.5. The Labute approximate surface area is 464 Å². The largest absolute Gasteiger partial charge is 0.507 e. The first-order chi connectivity index (χ1) is 35.3. The maximum absolute atomic E-state index is 12.7. The number of para-hydroxylation sites is 1. The van der Waals surface area contributed by atoms with E-state index < -0.39 is 0 Å². The van der Waals surface area contributed by atoms with Crippen molar-refractivity contribution in [3.05, 3.63) is 186 Å². The van der Waals surface area contributed by atoms with Crippen molar-refractivity contribution < 1.29 is 26.2 Å². The summed E-state index contributed by atoms with van der Waals surface area (Å²) >= 11 is 0. The summed E-state index contributed by atoms with van der Waals surface area (Å²) in [7, 11) is 0. The van der Waals surface area contributed by atoms with Crippen molar-refractivity contribution in [2.24, 2.45) is 0 Å². The smallest absolute Gasteiger partial charge is 0.160 e. The molecule has 0 aliphatic heterocycles. The molecule has 1 N–H and O–H groups in total. The van der Waals surface area contributed by atoms with Crippen molar-refractivity contribution in [1.29, 1.82) is 0 Å². The molecule has 0 unspecified atom stereocenters. The van der Waals surface area contributed by atoms with Gasteiger partial charge in [0.2, 0.25) is 0 Å². The Morgan fingerprint density at radius 1 is 0.447 bits per heavy atom. The summed E-state index contributed by atoms with van der Waals surface area (Å²) in [6, 6.07) is 54.0. The van der Waals surface area contributed by atoms with Crippen LogP contribution < -0.4 is 0 Å². The van der Waals surface area contributed by atoms with Crippen molar-refractivity contribution in [3.8, 4) is 73.3 Å². The predicted octanol–water partition coefficient (Wildman–Crippen LogP) is 17.5. The van der Waals surface area contributed by atoms with Crippen molar-refractivity contribution in [1.82, 2.24) is 29.1 Å². The minimum atomic E-state index is -0.358. The van der Waals surface area contributed by atoms with Crippen LogP contribution in [0.4, 0.5) is 0 Å². The van der Waals surface area contributed by atoms with E-state index in [2.05, 4.69) is 264 Å². The zero-order valence-corrected chi connectivity index (χ0v) is 49.2. The molecule has 8 heteroatoms. The fourth-order valence-electron chi connectivity index (χ4n) is 10.2. The van der Waals surface area contributed by atoms with Crippen LogP contribution in [-0.4, -0.2) is 34.2 Å². The summed E-state index contributed by atoms with van der Waals surface area (Å²) in [6.07, 6.45) is 3.40. The third-order valence-corrected chi connectivity index (χ3v) is 14.7. The van der Waals surface area contributed by atoms with Gasteiger partial charge in [0.25, 0.3) is 0 Å². The number of rotatable bonds is 7. The standard InChI is InChI=1S/C68H71N6O.Pt/c1-64(2,3)46-29-31-56(51(36-46)42-23-18-16-19-24-42)73-58-28-22-27-50(59(58)72-62(73)53-38-49(67(10,11)12)39-54(60(53)75)68(13,14)15)44-33-45(35-48(34-44)66(7,8)9)61-71-55-40-69-41-70-63(55)74(61)57-32-30-47(65(4,5)6)37-52(57)43-25-20-17-21-26-43;/h16-32,34-41,75H,1-15H3;/q-1;. The molecule has 0 spiro atoms. The van der Waals surface area contributed by atoms with Crippen LogP contribution in [0.5, 0.6) is 5.75 Å². The number of phenolic OH excluding ortho intramolecular Hbond substituents is 1. The van der Waals surface area contributed by atoms with E-state index in [1.54, 1.807) is 12.5 Å². The second-order valence-electron chi connectivity index (χ2n) is 25.5. The van der Waals surface area contributed by atoms with Crippen LogP contribution in [0.15, 0.2) is 152 Å².